The molecule has 0 fully saturated rings. The molecule has 3 aromatic carbocycles. The zero-order valence-corrected chi connectivity index (χ0v) is 16.5. The van der Waals surface area contributed by atoms with Crippen molar-refractivity contribution < 1.29 is 17.6 Å². The fourth-order valence-electron chi connectivity index (χ4n) is 4.06. The molecular weight excluding hydrogens is 415 g/mol. The van der Waals surface area contributed by atoms with Crippen molar-refractivity contribution in [3.05, 3.63) is 90.6 Å². The van der Waals surface area contributed by atoms with Crippen molar-refractivity contribution in [2.75, 3.05) is 0 Å². The number of para-hydroxylation sites is 4. The van der Waals surface area contributed by atoms with Gasteiger partial charge in [-0.15, -0.1) is 0 Å². The molecule has 0 bridgehead atoms. The first kappa shape index (κ1) is 18.6. The maximum atomic E-state index is 13.2. The maximum absolute atomic E-state index is 13.2. The van der Waals surface area contributed by atoms with Gasteiger partial charge in [0, 0.05) is 16.5 Å². The Balaban J connectivity index is 1.67. The minimum absolute atomic E-state index is 0.0513. The molecule has 0 unspecified atom stereocenters. The number of furan rings is 1. The van der Waals surface area contributed by atoms with Gasteiger partial charge < -0.3 is 4.42 Å². The average Bonchev–Trinajstić information content (AvgIpc) is 3.37. The van der Waals surface area contributed by atoms with Gasteiger partial charge in [0.15, 0.2) is 0 Å². The number of imidazole rings is 1. The first-order valence-corrected chi connectivity index (χ1v) is 9.93. The summed E-state index contributed by atoms with van der Waals surface area (Å²) in [5, 5.41) is 1.21. The molecule has 0 aliphatic heterocycles. The van der Waals surface area contributed by atoms with Crippen LogP contribution in [0.2, 0.25) is 0 Å². The number of pyridine rings is 1. The minimum Gasteiger partial charge on any atom is -0.437 e. The number of nitrogens with zero attached hydrogens (tertiary/aromatic N) is 3. The van der Waals surface area contributed by atoms with E-state index in [0.29, 0.717) is 27.7 Å². The molecule has 6 aromatic rings. The van der Waals surface area contributed by atoms with Crippen LogP contribution in [0.15, 0.2) is 89.3 Å². The fourth-order valence-corrected chi connectivity index (χ4v) is 4.06. The average molecular weight is 429 g/mol. The number of rotatable bonds is 2. The lowest BCUT2D eigenvalue weighted by Gasteiger charge is -2.09. The summed E-state index contributed by atoms with van der Waals surface area (Å²) in [5.74, 6) is 0.637. The number of fused-ring (bicyclic) bond motifs is 4. The molecule has 3 aromatic heterocycles. The third-order valence-electron chi connectivity index (χ3n) is 5.47. The molecule has 6 rings (SSSR count). The third kappa shape index (κ3) is 2.78. The van der Waals surface area contributed by atoms with Crippen LogP contribution in [0.5, 0.6) is 0 Å². The summed E-state index contributed by atoms with van der Waals surface area (Å²) in [5.41, 5.74) is 2.72. The number of alkyl halides is 3. The largest absolute Gasteiger partial charge is 0.437 e. The predicted molar refractivity (Wildman–Crippen MR) is 117 cm³/mol. The monoisotopic (exact) mass is 429 g/mol. The molecule has 0 aliphatic rings. The van der Waals surface area contributed by atoms with Crippen LogP contribution in [0.3, 0.4) is 0 Å². The van der Waals surface area contributed by atoms with Crippen molar-refractivity contribution in [1.82, 2.24) is 14.5 Å². The standard InChI is InChI=1S/C25H14F3N3O/c26-25(27,28)21-14-13-17-16-9-6-10-18(22(16)32-24(17)30-21)23-29-19-11-4-5-12-20(19)31(23)15-7-2-1-3-8-15/h1-14H. The normalized spacial score (nSPS) is 12.2. The Morgan fingerprint density at radius 2 is 1.50 bits per heavy atom. The molecule has 0 amide bonds. The smallest absolute Gasteiger partial charge is 0.433 e. The second-order valence-corrected chi connectivity index (χ2v) is 7.43. The lowest BCUT2D eigenvalue weighted by atomic mass is 10.1. The van der Waals surface area contributed by atoms with Gasteiger partial charge in [-0.25, -0.2) is 9.97 Å². The van der Waals surface area contributed by atoms with E-state index < -0.39 is 11.9 Å². The molecule has 0 N–H and O–H groups in total. The van der Waals surface area contributed by atoms with Crippen molar-refractivity contribution in [2.45, 2.75) is 6.18 Å². The number of hydrogen-bond acceptors (Lipinski definition) is 3. The predicted octanol–water partition coefficient (Wildman–Crippen LogP) is 7.01. The van der Waals surface area contributed by atoms with E-state index in [0.717, 1.165) is 22.8 Å². The van der Waals surface area contributed by atoms with Crippen LogP contribution in [0.4, 0.5) is 13.2 Å². The highest BCUT2D eigenvalue weighted by atomic mass is 19.4. The van der Waals surface area contributed by atoms with Crippen LogP contribution in [0, 0.1) is 0 Å². The minimum atomic E-state index is -4.54. The van der Waals surface area contributed by atoms with Gasteiger partial charge >= 0.3 is 6.18 Å². The first-order chi connectivity index (χ1) is 15.5. The highest BCUT2D eigenvalue weighted by Crippen LogP contribution is 2.38. The Morgan fingerprint density at radius 3 is 2.31 bits per heavy atom. The van der Waals surface area contributed by atoms with E-state index in [-0.39, 0.29) is 5.71 Å². The van der Waals surface area contributed by atoms with Crippen molar-refractivity contribution in [2.24, 2.45) is 0 Å². The van der Waals surface area contributed by atoms with Crippen LogP contribution >= 0.6 is 0 Å². The molecule has 3 heterocycles. The number of benzene rings is 3. The van der Waals surface area contributed by atoms with Crippen molar-refractivity contribution >= 4 is 33.1 Å². The summed E-state index contributed by atoms with van der Waals surface area (Å²) >= 11 is 0. The summed E-state index contributed by atoms with van der Waals surface area (Å²) in [4.78, 5) is 8.56. The van der Waals surface area contributed by atoms with E-state index in [2.05, 4.69) is 4.98 Å². The van der Waals surface area contributed by atoms with Gasteiger partial charge in [-0.2, -0.15) is 13.2 Å². The molecule has 32 heavy (non-hydrogen) atoms. The highest BCUT2D eigenvalue weighted by Gasteiger charge is 2.33. The maximum Gasteiger partial charge on any atom is 0.433 e. The van der Waals surface area contributed by atoms with E-state index in [4.69, 9.17) is 9.40 Å². The van der Waals surface area contributed by atoms with Crippen LogP contribution in [0.1, 0.15) is 5.69 Å². The molecule has 0 atom stereocenters. The van der Waals surface area contributed by atoms with Gasteiger partial charge in [-0.05, 0) is 42.5 Å². The summed E-state index contributed by atoms with van der Waals surface area (Å²) in [6.07, 6.45) is -4.54. The number of hydrogen-bond donors (Lipinski definition) is 0. The van der Waals surface area contributed by atoms with E-state index >= 15 is 0 Å². The Bertz CT molecular complexity index is 1610. The quantitative estimate of drug-likeness (QED) is 0.297. The molecule has 0 saturated carbocycles. The van der Waals surface area contributed by atoms with Crippen LogP contribution in [-0.4, -0.2) is 14.5 Å². The Hall–Kier alpha value is -4.13. The summed E-state index contributed by atoms with van der Waals surface area (Å²) in [6, 6.07) is 25.4. The molecular formula is C25H14F3N3O. The Labute approximate surface area is 179 Å². The molecule has 156 valence electrons. The number of halogens is 3. The SMILES string of the molecule is FC(F)(F)c1ccc2c(n1)oc1c(-c3nc4ccccc4n3-c3ccccc3)cccc12. The lowest BCUT2D eigenvalue weighted by Crippen LogP contribution is -2.07. The second-order valence-electron chi connectivity index (χ2n) is 7.43. The summed E-state index contributed by atoms with van der Waals surface area (Å²) < 4.78 is 47.4. The molecule has 0 aliphatic carbocycles. The zero-order valence-electron chi connectivity index (χ0n) is 16.5. The van der Waals surface area contributed by atoms with Gasteiger partial charge in [0.25, 0.3) is 0 Å². The van der Waals surface area contributed by atoms with Crippen molar-refractivity contribution in [3.63, 3.8) is 0 Å². The van der Waals surface area contributed by atoms with Crippen LogP contribution < -0.4 is 0 Å². The third-order valence-corrected chi connectivity index (χ3v) is 5.47. The van der Waals surface area contributed by atoms with Gasteiger partial charge in [-0.3, -0.25) is 4.57 Å². The van der Waals surface area contributed by atoms with Crippen LogP contribution in [0.25, 0.3) is 50.2 Å². The molecule has 4 nitrogen and oxygen atoms in total. The van der Waals surface area contributed by atoms with Crippen LogP contribution in [-0.2, 0) is 6.18 Å². The highest BCUT2D eigenvalue weighted by molar-refractivity contribution is 6.08. The molecule has 0 spiro atoms. The van der Waals surface area contributed by atoms with E-state index in [1.54, 1.807) is 0 Å². The first-order valence-electron chi connectivity index (χ1n) is 9.93. The summed E-state index contributed by atoms with van der Waals surface area (Å²) in [6.45, 7) is 0. The Morgan fingerprint density at radius 1 is 0.719 bits per heavy atom. The molecule has 7 heteroatoms. The van der Waals surface area contributed by atoms with Gasteiger partial charge in [-0.1, -0.05) is 42.5 Å². The number of aromatic nitrogens is 3. The lowest BCUT2D eigenvalue weighted by molar-refractivity contribution is -0.141. The van der Waals surface area contributed by atoms with Crippen molar-refractivity contribution in [1.29, 1.82) is 0 Å². The molecule has 0 radical (unpaired) electrons. The molecule has 0 saturated heterocycles. The van der Waals surface area contributed by atoms with Crippen molar-refractivity contribution in [3.8, 4) is 17.1 Å². The summed E-state index contributed by atoms with van der Waals surface area (Å²) in [7, 11) is 0. The second kappa shape index (κ2) is 6.68. The van der Waals surface area contributed by atoms with E-state index in [1.165, 1.54) is 6.07 Å². The van der Waals surface area contributed by atoms with E-state index in [9.17, 15) is 13.2 Å². The van der Waals surface area contributed by atoms with Gasteiger partial charge in [0.2, 0.25) is 5.71 Å². The van der Waals surface area contributed by atoms with Gasteiger partial charge in [0.05, 0.1) is 16.6 Å². The zero-order chi connectivity index (χ0) is 21.9. The van der Waals surface area contributed by atoms with Gasteiger partial charge in [0.1, 0.15) is 17.1 Å². The Kier molecular flexibility index (Phi) is 3.89. The topological polar surface area (TPSA) is 43.9 Å². The van der Waals surface area contributed by atoms with E-state index in [1.807, 2.05) is 77.4 Å². The fraction of sp³-hybridized carbons (Fsp3) is 0.0400.